The number of imide groups is 1. The van der Waals surface area contributed by atoms with Crippen LogP contribution in [-0.4, -0.2) is 46.2 Å². The van der Waals surface area contributed by atoms with Gasteiger partial charge < -0.3 is 9.94 Å². The van der Waals surface area contributed by atoms with E-state index in [1.165, 1.54) is 12.1 Å². The number of hydrogen-bond acceptors (Lipinski definition) is 7. The van der Waals surface area contributed by atoms with Crippen LogP contribution in [0.2, 0.25) is 0 Å². The quantitative estimate of drug-likeness (QED) is 0.316. The Bertz CT molecular complexity index is 746. The van der Waals surface area contributed by atoms with Gasteiger partial charge in [0.05, 0.1) is 12.8 Å². The molecule has 1 aliphatic heterocycles. The van der Waals surface area contributed by atoms with E-state index in [1.807, 2.05) is 0 Å². The number of carbonyl (C=O) groups is 3. The van der Waals surface area contributed by atoms with Crippen LogP contribution in [0.4, 0.5) is 0 Å². The van der Waals surface area contributed by atoms with Gasteiger partial charge in [-0.25, -0.2) is 4.79 Å². The molecular formula is C13H13NNaO8S+. The Morgan fingerprint density at radius 1 is 1.25 bits per heavy atom. The van der Waals surface area contributed by atoms with Crippen LogP contribution in [0.3, 0.4) is 0 Å². The molecule has 1 fully saturated rings. The molecule has 0 saturated carbocycles. The molecule has 1 unspecified atom stereocenters. The number of rotatable bonds is 5. The van der Waals surface area contributed by atoms with Crippen molar-refractivity contribution in [2.45, 2.75) is 24.5 Å². The smallest absolute Gasteiger partial charge is 0.508 e. The standard InChI is InChI=1S/C13H13NO8S.Na/c15-9-4-1-8(2-5-9)3-6-12(17)22-14-11(16)7-10(13(14)18)23(19,20)21;/h1-2,4-5,10,15H,3,6-7H2,(H,19,20,21);/q;+1. The third kappa shape index (κ3) is 5.02. The molecule has 1 atom stereocenters. The maximum atomic E-state index is 11.7. The van der Waals surface area contributed by atoms with E-state index in [4.69, 9.17) is 9.66 Å². The molecule has 2 N–H and O–H groups in total. The fourth-order valence-corrected chi connectivity index (χ4v) is 2.67. The Kier molecular flexibility index (Phi) is 6.93. The van der Waals surface area contributed by atoms with E-state index in [9.17, 15) is 22.8 Å². The summed E-state index contributed by atoms with van der Waals surface area (Å²) in [6.07, 6.45) is -0.710. The molecule has 1 heterocycles. The summed E-state index contributed by atoms with van der Waals surface area (Å²) in [7, 11) is -4.74. The van der Waals surface area contributed by atoms with Gasteiger partial charge in [0.25, 0.3) is 21.9 Å². The molecule has 1 aliphatic rings. The van der Waals surface area contributed by atoms with Gasteiger partial charge in [0.2, 0.25) is 0 Å². The third-order valence-electron chi connectivity index (χ3n) is 3.17. The second-order valence-electron chi connectivity index (χ2n) is 4.86. The summed E-state index contributed by atoms with van der Waals surface area (Å²) in [4.78, 5) is 39.4. The predicted molar refractivity (Wildman–Crippen MR) is 74.3 cm³/mol. The van der Waals surface area contributed by atoms with Crippen molar-refractivity contribution < 1.29 is 66.9 Å². The van der Waals surface area contributed by atoms with Crippen molar-refractivity contribution in [2.24, 2.45) is 0 Å². The summed E-state index contributed by atoms with van der Waals surface area (Å²) in [6.45, 7) is 0. The van der Waals surface area contributed by atoms with Crippen LogP contribution in [0.1, 0.15) is 18.4 Å². The van der Waals surface area contributed by atoms with Crippen LogP contribution < -0.4 is 29.6 Å². The van der Waals surface area contributed by atoms with Gasteiger partial charge in [-0.05, 0) is 24.1 Å². The molecule has 9 nitrogen and oxygen atoms in total. The van der Waals surface area contributed by atoms with Crippen molar-refractivity contribution in [2.75, 3.05) is 0 Å². The Hall–Kier alpha value is -1.46. The molecule has 2 amide bonds. The monoisotopic (exact) mass is 366 g/mol. The second-order valence-corrected chi connectivity index (χ2v) is 6.46. The number of nitrogens with zero attached hydrogens (tertiary/aromatic N) is 1. The van der Waals surface area contributed by atoms with Crippen LogP contribution in [0, 0.1) is 0 Å². The molecule has 124 valence electrons. The molecule has 11 heteroatoms. The van der Waals surface area contributed by atoms with E-state index >= 15 is 0 Å². The van der Waals surface area contributed by atoms with E-state index in [2.05, 4.69) is 4.84 Å². The summed E-state index contributed by atoms with van der Waals surface area (Å²) >= 11 is 0. The molecule has 24 heavy (non-hydrogen) atoms. The zero-order valence-corrected chi connectivity index (χ0v) is 15.5. The van der Waals surface area contributed by atoms with Gasteiger partial charge in [0.1, 0.15) is 5.75 Å². The van der Waals surface area contributed by atoms with Crippen LogP contribution in [0.15, 0.2) is 24.3 Å². The van der Waals surface area contributed by atoms with Crippen LogP contribution in [0.5, 0.6) is 5.75 Å². The van der Waals surface area contributed by atoms with Crippen molar-refractivity contribution in [3.05, 3.63) is 29.8 Å². The molecule has 2 rings (SSSR count). The molecule has 0 aliphatic carbocycles. The fraction of sp³-hybridized carbons (Fsp3) is 0.308. The number of aryl methyl sites for hydroxylation is 1. The Morgan fingerprint density at radius 3 is 2.33 bits per heavy atom. The summed E-state index contributed by atoms with van der Waals surface area (Å²) < 4.78 is 30.8. The first-order chi connectivity index (χ1) is 10.7. The van der Waals surface area contributed by atoms with E-state index in [0.717, 1.165) is 5.56 Å². The molecule has 1 aromatic carbocycles. The number of carbonyl (C=O) groups excluding carboxylic acids is 3. The minimum absolute atomic E-state index is 0. The SMILES string of the molecule is O=C(CCc1ccc(O)cc1)ON1C(=O)CC(S(=O)(=O)O)C1=O.[Na+]. The predicted octanol–water partition coefficient (Wildman–Crippen LogP) is -3.20. The first kappa shape index (κ1) is 20.6. The number of phenolic OH excluding ortho intramolecular Hbond substituents is 1. The first-order valence-corrected chi connectivity index (χ1v) is 8.00. The van der Waals surface area contributed by atoms with Gasteiger partial charge in [0.15, 0.2) is 5.25 Å². The van der Waals surface area contributed by atoms with Gasteiger partial charge in [-0.2, -0.15) is 8.42 Å². The number of benzene rings is 1. The summed E-state index contributed by atoms with van der Waals surface area (Å²) in [5.74, 6) is -3.15. The molecular weight excluding hydrogens is 353 g/mol. The minimum Gasteiger partial charge on any atom is -0.508 e. The first-order valence-electron chi connectivity index (χ1n) is 6.50. The minimum atomic E-state index is -4.74. The largest absolute Gasteiger partial charge is 1.00 e. The normalized spacial score (nSPS) is 17.5. The van der Waals surface area contributed by atoms with Gasteiger partial charge in [-0.15, -0.1) is 5.06 Å². The van der Waals surface area contributed by atoms with Crippen molar-refractivity contribution in [3.8, 4) is 5.75 Å². The number of phenols is 1. The Morgan fingerprint density at radius 2 is 1.83 bits per heavy atom. The molecule has 1 aromatic rings. The van der Waals surface area contributed by atoms with Crippen molar-refractivity contribution in [1.82, 2.24) is 5.06 Å². The van der Waals surface area contributed by atoms with E-state index in [1.54, 1.807) is 12.1 Å². The van der Waals surface area contributed by atoms with Crippen molar-refractivity contribution in [3.63, 3.8) is 0 Å². The van der Waals surface area contributed by atoms with Gasteiger partial charge in [-0.1, -0.05) is 12.1 Å². The topological polar surface area (TPSA) is 138 Å². The maximum absolute atomic E-state index is 11.7. The number of hydroxylamine groups is 2. The Labute approximate surface area is 159 Å². The number of aromatic hydroxyl groups is 1. The van der Waals surface area contributed by atoms with Gasteiger partial charge in [0, 0.05) is 0 Å². The molecule has 1 saturated heterocycles. The van der Waals surface area contributed by atoms with Crippen molar-refractivity contribution in [1.29, 1.82) is 0 Å². The van der Waals surface area contributed by atoms with Crippen LogP contribution >= 0.6 is 0 Å². The molecule has 0 spiro atoms. The second kappa shape index (κ2) is 8.08. The maximum Gasteiger partial charge on any atom is 1.00 e. The van der Waals surface area contributed by atoms with Gasteiger partial charge >= 0.3 is 35.5 Å². The summed E-state index contributed by atoms with van der Waals surface area (Å²) in [5.41, 5.74) is 0.717. The summed E-state index contributed by atoms with van der Waals surface area (Å²) in [5, 5.41) is 7.25. The zero-order chi connectivity index (χ0) is 17.2. The fourth-order valence-electron chi connectivity index (χ4n) is 1.97. The van der Waals surface area contributed by atoms with E-state index < -0.39 is 39.6 Å². The molecule has 0 aromatic heterocycles. The van der Waals surface area contributed by atoms with E-state index in [0.29, 0.717) is 0 Å². The third-order valence-corrected chi connectivity index (χ3v) is 4.26. The average Bonchev–Trinajstić information content (AvgIpc) is 2.75. The molecule has 0 bridgehead atoms. The Balaban J connectivity index is 0.00000288. The number of hydrogen-bond donors (Lipinski definition) is 2. The number of amides is 2. The van der Waals surface area contributed by atoms with Gasteiger partial charge in [-0.3, -0.25) is 14.1 Å². The zero-order valence-electron chi connectivity index (χ0n) is 12.7. The average molecular weight is 366 g/mol. The van der Waals surface area contributed by atoms with Crippen molar-refractivity contribution >= 4 is 27.9 Å². The van der Waals surface area contributed by atoms with Crippen LogP contribution in [-0.2, 0) is 35.8 Å². The van der Waals surface area contributed by atoms with E-state index in [-0.39, 0.29) is 53.2 Å². The van der Waals surface area contributed by atoms with Crippen LogP contribution in [0.25, 0.3) is 0 Å². The summed E-state index contributed by atoms with van der Waals surface area (Å²) in [6, 6.07) is 6.04. The molecule has 0 radical (unpaired) electrons.